The molecule has 1 aromatic carbocycles. The maximum Gasteiger partial charge on any atom is 0.415 e. The quantitative estimate of drug-likeness (QED) is 0.675. The number of hydrogen-bond donors (Lipinski definition) is 1. The molecule has 7 nitrogen and oxygen atoms in total. The van der Waals surface area contributed by atoms with E-state index in [1.807, 2.05) is 0 Å². The Labute approximate surface area is 116 Å². The molecule has 0 unspecified atom stereocenters. The Bertz CT molecular complexity index is 496. The number of para-hydroxylation sites is 2. The fourth-order valence-corrected chi connectivity index (χ4v) is 1.57. The number of benzene rings is 1. The normalized spacial score (nSPS) is 11.0. The first kappa shape index (κ1) is 15.9. The molecule has 1 amide bonds. The van der Waals surface area contributed by atoms with Gasteiger partial charge >= 0.3 is 6.09 Å². The zero-order valence-electron chi connectivity index (χ0n) is 11.7. The summed E-state index contributed by atoms with van der Waals surface area (Å²) >= 11 is 0. The van der Waals surface area contributed by atoms with Crippen LogP contribution < -0.4 is 4.90 Å². The Morgan fingerprint density at radius 3 is 2.50 bits per heavy atom. The zero-order valence-corrected chi connectivity index (χ0v) is 11.7. The SMILES string of the molecule is CC(C)(C)OC(=O)N(CCO)c1ccccc1[N+](=O)[O-]. The van der Waals surface area contributed by atoms with Crippen molar-refractivity contribution in [1.29, 1.82) is 0 Å². The van der Waals surface area contributed by atoms with Crippen LogP contribution in [-0.4, -0.2) is 34.9 Å². The van der Waals surface area contributed by atoms with E-state index in [0.717, 1.165) is 4.90 Å². The molecule has 0 saturated carbocycles. The molecule has 0 atom stereocenters. The number of anilines is 1. The fourth-order valence-electron chi connectivity index (χ4n) is 1.57. The van der Waals surface area contributed by atoms with E-state index in [1.54, 1.807) is 26.8 Å². The van der Waals surface area contributed by atoms with Gasteiger partial charge in [-0.2, -0.15) is 0 Å². The highest BCUT2D eigenvalue weighted by Gasteiger charge is 2.27. The number of nitro benzene ring substituents is 1. The molecule has 0 heterocycles. The molecular weight excluding hydrogens is 264 g/mol. The third-order valence-corrected chi connectivity index (χ3v) is 2.31. The van der Waals surface area contributed by atoms with E-state index in [4.69, 9.17) is 9.84 Å². The molecule has 1 rings (SSSR count). The molecular formula is C13H18N2O5. The number of aliphatic hydroxyl groups excluding tert-OH is 1. The summed E-state index contributed by atoms with van der Waals surface area (Å²) in [4.78, 5) is 23.6. The predicted molar refractivity (Wildman–Crippen MR) is 73.8 cm³/mol. The topological polar surface area (TPSA) is 92.9 Å². The number of nitrogens with zero attached hydrogens (tertiary/aromatic N) is 2. The van der Waals surface area contributed by atoms with Crippen molar-refractivity contribution in [2.45, 2.75) is 26.4 Å². The number of hydrogen-bond acceptors (Lipinski definition) is 5. The summed E-state index contributed by atoms with van der Waals surface area (Å²) in [5.41, 5.74) is -0.846. The molecule has 0 saturated heterocycles. The molecule has 0 spiro atoms. The minimum Gasteiger partial charge on any atom is -0.443 e. The number of carbonyl (C=O) groups excluding carboxylic acids is 1. The van der Waals surface area contributed by atoms with Gasteiger partial charge in [0.1, 0.15) is 11.3 Å². The summed E-state index contributed by atoms with van der Waals surface area (Å²) in [6, 6.07) is 5.83. The van der Waals surface area contributed by atoms with Crippen molar-refractivity contribution in [3.8, 4) is 0 Å². The lowest BCUT2D eigenvalue weighted by Crippen LogP contribution is -2.38. The van der Waals surface area contributed by atoms with Gasteiger partial charge < -0.3 is 9.84 Å². The Morgan fingerprint density at radius 1 is 1.40 bits per heavy atom. The lowest BCUT2D eigenvalue weighted by atomic mass is 10.2. The first-order valence-electron chi connectivity index (χ1n) is 6.11. The van der Waals surface area contributed by atoms with Crippen molar-refractivity contribution >= 4 is 17.5 Å². The Morgan fingerprint density at radius 2 is 2.00 bits per heavy atom. The van der Waals surface area contributed by atoms with Gasteiger partial charge in [-0.25, -0.2) is 4.79 Å². The summed E-state index contributed by atoms with van der Waals surface area (Å²) in [5.74, 6) is 0. The van der Waals surface area contributed by atoms with Gasteiger partial charge in [0.2, 0.25) is 0 Å². The maximum atomic E-state index is 12.1. The average molecular weight is 282 g/mol. The smallest absolute Gasteiger partial charge is 0.415 e. The van der Waals surface area contributed by atoms with Gasteiger partial charge in [-0.1, -0.05) is 12.1 Å². The number of carbonyl (C=O) groups is 1. The van der Waals surface area contributed by atoms with Crippen molar-refractivity contribution in [2.75, 3.05) is 18.1 Å². The van der Waals surface area contributed by atoms with Crippen LogP contribution in [-0.2, 0) is 4.74 Å². The van der Waals surface area contributed by atoms with E-state index in [0.29, 0.717) is 0 Å². The number of amides is 1. The number of ether oxygens (including phenoxy) is 1. The standard InChI is InChI=1S/C13H18N2O5/c1-13(2,3)20-12(17)14(8-9-16)10-6-4-5-7-11(10)15(18)19/h4-7,16H,8-9H2,1-3H3. The molecule has 0 bridgehead atoms. The van der Waals surface area contributed by atoms with Crippen LogP contribution in [0.4, 0.5) is 16.2 Å². The molecule has 0 aliphatic rings. The van der Waals surface area contributed by atoms with Crippen LogP contribution in [0.1, 0.15) is 20.8 Å². The third-order valence-electron chi connectivity index (χ3n) is 2.31. The van der Waals surface area contributed by atoms with E-state index >= 15 is 0 Å². The van der Waals surface area contributed by atoms with Gasteiger partial charge in [0.15, 0.2) is 0 Å². The van der Waals surface area contributed by atoms with Gasteiger partial charge in [0.05, 0.1) is 18.1 Å². The van der Waals surface area contributed by atoms with Crippen molar-refractivity contribution in [2.24, 2.45) is 0 Å². The van der Waals surface area contributed by atoms with Crippen LogP contribution in [0.25, 0.3) is 0 Å². The van der Waals surface area contributed by atoms with E-state index in [2.05, 4.69) is 0 Å². The van der Waals surface area contributed by atoms with Gasteiger partial charge in [-0.15, -0.1) is 0 Å². The van der Waals surface area contributed by atoms with E-state index in [-0.39, 0.29) is 24.5 Å². The van der Waals surface area contributed by atoms with Crippen molar-refractivity contribution in [3.63, 3.8) is 0 Å². The molecule has 1 N–H and O–H groups in total. The minimum atomic E-state index is -0.735. The predicted octanol–water partition coefficient (Wildman–Crippen LogP) is 2.33. The number of aliphatic hydroxyl groups is 1. The second-order valence-corrected chi connectivity index (χ2v) is 5.10. The van der Waals surface area contributed by atoms with Gasteiger partial charge in [0.25, 0.3) is 5.69 Å². The molecule has 7 heteroatoms. The monoisotopic (exact) mass is 282 g/mol. The fraction of sp³-hybridized carbons (Fsp3) is 0.462. The van der Waals surface area contributed by atoms with E-state index < -0.39 is 16.6 Å². The van der Waals surface area contributed by atoms with Crippen LogP contribution in [0.3, 0.4) is 0 Å². The molecule has 0 aromatic heterocycles. The van der Waals surface area contributed by atoms with Crippen molar-refractivity contribution in [3.05, 3.63) is 34.4 Å². The average Bonchev–Trinajstić information content (AvgIpc) is 2.33. The molecule has 0 fully saturated rings. The highest BCUT2D eigenvalue weighted by atomic mass is 16.6. The Hall–Kier alpha value is -2.15. The van der Waals surface area contributed by atoms with Crippen molar-refractivity contribution in [1.82, 2.24) is 0 Å². The Balaban J connectivity index is 3.14. The summed E-state index contributed by atoms with van der Waals surface area (Å²) < 4.78 is 5.19. The van der Waals surface area contributed by atoms with Gasteiger partial charge in [-0.05, 0) is 26.8 Å². The lowest BCUT2D eigenvalue weighted by Gasteiger charge is -2.26. The highest BCUT2D eigenvalue weighted by Crippen LogP contribution is 2.28. The molecule has 0 aliphatic heterocycles. The molecule has 0 aliphatic carbocycles. The van der Waals surface area contributed by atoms with Gasteiger partial charge in [0, 0.05) is 6.07 Å². The second-order valence-electron chi connectivity index (χ2n) is 5.10. The summed E-state index contributed by atoms with van der Waals surface area (Å²) in [6.45, 7) is 4.68. The molecule has 1 aromatic rings. The zero-order chi connectivity index (χ0) is 15.3. The third kappa shape index (κ3) is 4.20. The Kier molecular flexibility index (Phi) is 5.04. The van der Waals surface area contributed by atoms with Crippen molar-refractivity contribution < 1.29 is 19.6 Å². The first-order valence-corrected chi connectivity index (χ1v) is 6.11. The lowest BCUT2D eigenvalue weighted by molar-refractivity contribution is -0.384. The first-order chi connectivity index (χ1) is 9.26. The summed E-state index contributed by atoms with van der Waals surface area (Å²) in [5, 5.41) is 20.1. The summed E-state index contributed by atoms with van der Waals surface area (Å²) in [6.07, 6.45) is -0.735. The summed E-state index contributed by atoms with van der Waals surface area (Å²) in [7, 11) is 0. The largest absolute Gasteiger partial charge is 0.443 e. The molecule has 0 radical (unpaired) electrons. The van der Waals surface area contributed by atoms with Crippen LogP contribution in [0, 0.1) is 10.1 Å². The van der Waals surface area contributed by atoms with E-state index in [1.165, 1.54) is 18.2 Å². The molecule has 110 valence electrons. The van der Waals surface area contributed by atoms with Crippen LogP contribution >= 0.6 is 0 Å². The number of rotatable bonds is 4. The minimum absolute atomic E-state index is 0.0836. The van der Waals surface area contributed by atoms with Crippen LogP contribution in [0.2, 0.25) is 0 Å². The highest BCUT2D eigenvalue weighted by molar-refractivity contribution is 5.90. The van der Waals surface area contributed by atoms with Gasteiger partial charge in [-0.3, -0.25) is 15.0 Å². The van der Waals surface area contributed by atoms with Crippen LogP contribution in [0.15, 0.2) is 24.3 Å². The molecule has 20 heavy (non-hydrogen) atoms. The van der Waals surface area contributed by atoms with Crippen LogP contribution in [0.5, 0.6) is 0 Å². The van der Waals surface area contributed by atoms with E-state index in [9.17, 15) is 14.9 Å². The second kappa shape index (κ2) is 6.33. The maximum absolute atomic E-state index is 12.1. The number of nitro groups is 1.